The topological polar surface area (TPSA) is 82.2 Å². The zero-order valence-electron chi connectivity index (χ0n) is 10.7. The van der Waals surface area contributed by atoms with Crippen molar-refractivity contribution >= 4 is 11.6 Å². The first-order valence-electron chi connectivity index (χ1n) is 5.85. The Bertz CT molecular complexity index is 548. The van der Waals surface area contributed by atoms with Crippen LogP contribution in [0.2, 0.25) is 0 Å². The third kappa shape index (κ3) is 3.74. The molecule has 6 nitrogen and oxygen atoms in total. The molecule has 0 saturated heterocycles. The molecule has 100 valence electrons. The van der Waals surface area contributed by atoms with E-state index >= 15 is 0 Å². The number of imidazole rings is 1. The number of nitrogens with one attached hydrogen (secondary N) is 1. The molecule has 0 unspecified atom stereocenters. The van der Waals surface area contributed by atoms with Gasteiger partial charge in [0.25, 0.3) is 5.91 Å². The average Bonchev–Trinajstić information content (AvgIpc) is 2.81. The highest BCUT2D eigenvalue weighted by atomic mass is 16.5. The SMILES string of the molecule is Cn1cncc1CNc1ccc(OCC(N)=O)cc1. The van der Waals surface area contributed by atoms with Gasteiger partial charge in [-0.2, -0.15) is 0 Å². The molecule has 0 aliphatic carbocycles. The third-order valence-electron chi connectivity index (χ3n) is 2.63. The Kier molecular flexibility index (Phi) is 4.02. The van der Waals surface area contributed by atoms with Crippen LogP contribution in [0, 0.1) is 0 Å². The summed E-state index contributed by atoms with van der Waals surface area (Å²) in [6.45, 7) is 0.583. The number of benzene rings is 1. The predicted molar refractivity (Wildman–Crippen MR) is 71.7 cm³/mol. The van der Waals surface area contributed by atoms with E-state index in [1.54, 1.807) is 18.5 Å². The second-order valence-electron chi connectivity index (χ2n) is 4.13. The molecule has 3 N–H and O–H groups in total. The second-order valence-corrected chi connectivity index (χ2v) is 4.13. The summed E-state index contributed by atoms with van der Waals surface area (Å²) in [5, 5.41) is 3.27. The zero-order chi connectivity index (χ0) is 13.7. The number of nitrogens with two attached hydrogens (primary N) is 1. The van der Waals surface area contributed by atoms with Crippen molar-refractivity contribution in [3.8, 4) is 5.75 Å². The number of ether oxygens (including phenoxy) is 1. The number of aromatic nitrogens is 2. The van der Waals surface area contributed by atoms with Crippen molar-refractivity contribution in [3.63, 3.8) is 0 Å². The molecule has 1 heterocycles. The largest absolute Gasteiger partial charge is 0.484 e. The number of amides is 1. The molecule has 0 spiro atoms. The van der Waals surface area contributed by atoms with Gasteiger partial charge >= 0.3 is 0 Å². The normalized spacial score (nSPS) is 10.2. The number of nitrogens with zero attached hydrogens (tertiary/aromatic N) is 2. The van der Waals surface area contributed by atoms with Gasteiger partial charge < -0.3 is 20.4 Å². The lowest BCUT2D eigenvalue weighted by Crippen LogP contribution is -2.19. The Morgan fingerprint density at radius 3 is 2.74 bits per heavy atom. The third-order valence-corrected chi connectivity index (χ3v) is 2.63. The Labute approximate surface area is 111 Å². The summed E-state index contributed by atoms with van der Waals surface area (Å²) in [6, 6.07) is 7.34. The summed E-state index contributed by atoms with van der Waals surface area (Å²) >= 11 is 0. The number of carbonyl (C=O) groups is 1. The number of primary amides is 1. The van der Waals surface area contributed by atoms with Gasteiger partial charge in [-0.25, -0.2) is 4.98 Å². The fourth-order valence-corrected chi connectivity index (χ4v) is 1.57. The first-order valence-corrected chi connectivity index (χ1v) is 5.85. The maximum Gasteiger partial charge on any atom is 0.255 e. The molecule has 0 aliphatic heterocycles. The number of aryl methyl sites for hydroxylation is 1. The lowest BCUT2D eigenvalue weighted by molar-refractivity contribution is -0.119. The van der Waals surface area contributed by atoms with Crippen LogP contribution in [0.3, 0.4) is 0 Å². The molecule has 1 aromatic heterocycles. The molecule has 1 aromatic carbocycles. The van der Waals surface area contributed by atoms with Crippen molar-refractivity contribution in [2.75, 3.05) is 11.9 Å². The van der Waals surface area contributed by atoms with Gasteiger partial charge in [-0.3, -0.25) is 4.79 Å². The van der Waals surface area contributed by atoms with Gasteiger partial charge in [0.2, 0.25) is 0 Å². The molecule has 6 heteroatoms. The smallest absolute Gasteiger partial charge is 0.255 e. The van der Waals surface area contributed by atoms with Crippen LogP contribution in [0.5, 0.6) is 5.75 Å². The Morgan fingerprint density at radius 2 is 2.16 bits per heavy atom. The Hall–Kier alpha value is -2.50. The molecule has 0 bridgehead atoms. The van der Waals surface area contributed by atoms with E-state index in [2.05, 4.69) is 10.3 Å². The van der Waals surface area contributed by atoms with E-state index in [0.717, 1.165) is 11.4 Å². The minimum absolute atomic E-state index is 0.109. The summed E-state index contributed by atoms with van der Waals surface area (Å²) in [7, 11) is 1.95. The monoisotopic (exact) mass is 260 g/mol. The second kappa shape index (κ2) is 5.90. The number of hydrogen-bond acceptors (Lipinski definition) is 4. The summed E-state index contributed by atoms with van der Waals surface area (Å²) < 4.78 is 7.13. The van der Waals surface area contributed by atoms with Crippen molar-refractivity contribution in [3.05, 3.63) is 42.5 Å². The van der Waals surface area contributed by atoms with Crippen LogP contribution in [-0.2, 0) is 18.4 Å². The first-order chi connectivity index (χ1) is 9.15. The zero-order valence-corrected chi connectivity index (χ0v) is 10.7. The van der Waals surface area contributed by atoms with Gasteiger partial charge in [-0.15, -0.1) is 0 Å². The van der Waals surface area contributed by atoms with Crippen molar-refractivity contribution in [1.82, 2.24) is 9.55 Å². The van der Waals surface area contributed by atoms with Crippen molar-refractivity contribution in [1.29, 1.82) is 0 Å². The van der Waals surface area contributed by atoms with Crippen LogP contribution in [-0.4, -0.2) is 22.1 Å². The van der Waals surface area contributed by atoms with Crippen LogP contribution >= 0.6 is 0 Å². The summed E-state index contributed by atoms with van der Waals surface area (Å²) in [5.41, 5.74) is 7.06. The van der Waals surface area contributed by atoms with E-state index in [9.17, 15) is 4.79 Å². The van der Waals surface area contributed by atoms with Gasteiger partial charge in [0.1, 0.15) is 5.75 Å². The fourth-order valence-electron chi connectivity index (χ4n) is 1.57. The molecule has 0 atom stereocenters. The van der Waals surface area contributed by atoms with Gasteiger partial charge in [-0.05, 0) is 24.3 Å². The molecule has 0 fully saturated rings. The van der Waals surface area contributed by atoms with Crippen LogP contribution in [0.15, 0.2) is 36.8 Å². The fraction of sp³-hybridized carbons (Fsp3) is 0.231. The minimum atomic E-state index is -0.488. The summed E-state index contributed by atoms with van der Waals surface area (Å²) in [6.07, 6.45) is 3.58. The predicted octanol–water partition coefficient (Wildman–Crippen LogP) is 0.896. The van der Waals surface area contributed by atoms with E-state index in [-0.39, 0.29) is 6.61 Å². The highest BCUT2D eigenvalue weighted by Crippen LogP contribution is 2.16. The van der Waals surface area contributed by atoms with Gasteiger partial charge in [0, 0.05) is 18.9 Å². The highest BCUT2D eigenvalue weighted by Gasteiger charge is 2.00. The van der Waals surface area contributed by atoms with E-state index in [4.69, 9.17) is 10.5 Å². The Morgan fingerprint density at radius 1 is 1.42 bits per heavy atom. The summed E-state index contributed by atoms with van der Waals surface area (Å²) in [4.78, 5) is 14.6. The lowest BCUT2D eigenvalue weighted by atomic mass is 10.3. The van der Waals surface area contributed by atoms with Crippen molar-refractivity contribution in [2.45, 2.75) is 6.54 Å². The van der Waals surface area contributed by atoms with E-state index < -0.39 is 5.91 Å². The molecule has 2 aromatic rings. The molecule has 2 rings (SSSR count). The van der Waals surface area contributed by atoms with Crippen LogP contribution in [0.4, 0.5) is 5.69 Å². The maximum atomic E-state index is 10.6. The maximum absolute atomic E-state index is 10.6. The number of rotatable bonds is 6. The minimum Gasteiger partial charge on any atom is -0.484 e. The van der Waals surface area contributed by atoms with Crippen molar-refractivity contribution in [2.24, 2.45) is 12.8 Å². The van der Waals surface area contributed by atoms with Crippen LogP contribution < -0.4 is 15.8 Å². The van der Waals surface area contributed by atoms with E-state index in [1.807, 2.05) is 29.9 Å². The Balaban J connectivity index is 1.88. The standard InChI is InChI=1S/C13H16N4O2/c1-17-9-15-6-11(17)7-16-10-2-4-12(5-3-10)19-8-13(14)18/h2-6,9,16H,7-8H2,1H3,(H2,14,18). The summed E-state index contributed by atoms with van der Waals surface area (Å²) in [5.74, 6) is 0.128. The first kappa shape index (κ1) is 12.9. The quantitative estimate of drug-likeness (QED) is 0.808. The average molecular weight is 260 g/mol. The molecular weight excluding hydrogens is 244 g/mol. The molecule has 0 radical (unpaired) electrons. The number of hydrogen-bond donors (Lipinski definition) is 2. The highest BCUT2D eigenvalue weighted by molar-refractivity contribution is 5.75. The van der Waals surface area contributed by atoms with Crippen LogP contribution in [0.25, 0.3) is 0 Å². The molecule has 1 amide bonds. The van der Waals surface area contributed by atoms with Gasteiger partial charge in [0.15, 0.2) is 6.61 Å². The number of anilines is 1. The molecule has 0 aliphatic rings. The lowest BCUT2D eigenvalue weighted by Gasteiger charge is -2.08. The van der Waals surface area contributed by atoms with Gasteiger partial charge in [0.05, 0.1) is 18.6 Å². The van der Waals surface area contributed by atoms with E-state index in [1.165, 1.54) is 0 Å². The van der Waals surface area contributed by atoms with E-state index in [0.29, 0.717) is 12.3 Å². The van der Waals surface area contributed by atoms with Crippen LogP contribution in [0.1, 0.15) is 5.69 Å². The molecule has 19 heavy (non-hydrogen) atoms. The molecule has 0 saturated carbocycles. The van der Waals surface area contributed by atoms with Gasteiger partial charge in [-0.1, -0.05) is 0 Å². The number of carbonyl (C=O) groups excluding carboxylic acids is 1. The van der Waals surface area contributed by atoms with Crippen molar-refractivity contribution < 1.29 is 9.53 Å². The molecular formula is C13H16N4O2.